The number of nitriles is 1. The molecule has 1 aliphatic heterocycles. The number of nitrogens with one attached hydrogen (secondary N) is 1. The second-order valence-electron chi connectivity index (χ2n) is 17.3. The first-order valence-electron chi connectivity index (χ1n) is 17.3. The first-order chi connectivity index (χ1) is 22.1. The van der Waals surface area contributed by atoms with Crippen molar-refractivity contribution in [1.82, 2.24) is 19.9 Å². The van der Waals surface area contributed by atoms with Crippen LogP contribution in [0.4, 0.5) is 0 Å². The largest absolute Gasteiger partial charge is 0.308 e. The van der Waals surface area contributed by atoms with Crippen LogP contribution < -0.4 is 5.32 Å². The van der Waals surface area contributed by atoms with Gasteiger partial charge in [-0.2, -0.15) is 5.26 Å². The standard InChI is InChI=1S/C39H45N5O3/c1-33(2)10-13-38(32(47)44-21-27(42-23-44)26-9-7-8-16-41-26)14-11-35(4)30(25(38)19-33)28(45)17-29-34(35,3)12-15-39-36(29,5)18-24(20-40)31(46)37(39,6)22-43-39/h7-9,16-18,21,23,25,30,43H,10-15,19,22H2,1-6H3/t25-,30-,34+,35+,36+,37+,38-,39-/m0/s1. The van der Waals surface area contributed by atoms with Crippen molar-refractivity contribution in [3.05, 3.63) is 60.2 Å². The number of hydrogen-bond donors (Lipinski definition) is 1. The number of imidazole rings is 1. The predicted molar refractivity (Wildman–Crippen MR) is 177 cm³/mol. The van der Waals surface area contributed by atoms with Crippen molar-refractivity contribution in [2.75, 3.05) is 6.54 Å². The molecule has 8 heteroatoms. The minimum Gasteiger partial charge on any atom is -0.308 e. The zero-order valence-corrected chi connectivity index (χ0v) is 28.4. The summed E-state index contributed by atoms with van der Waals surface area (Å²) in [5.41, 5.74) is -0.633. The van der Waals surface area contributed by atoms with Crippen molar-refractivity contribution in [2.45, 2.75) is 92.0 Å². The van der Waals surface area contributed by atoms with Gasteiger partial charge in [0.2, 0.25) is 5.91 Å². The highest BCUT2D eigenvalue weighted by Crippen LogP contribution is 2.76. The Morgan fingerprint density at radius 2 is 1.72 bits per heavy atom. The van der Waals surface area contributed by atoms with Gasteiger partial charge in [0.1, 0.15) is 18.1 Å². The molecule has 1 spiro atoms. The SMILES string of the molecule is CC1(C)CC[C@]2(C(=O)n3cnc(-c4ccccn4)c3)CC[C@]3(C)[C@H](C(=O)C=C4[C@@]5(C)C=C(C#N)C(=O)[C@@]6(C)CN[C@@]56CC[C@]43C)[C@@H]2C1. The van der Waals surface area contributed by atoms with Crippen LogP contribution in [0.2, 0.25) is 0 Å². The van der Waals surface area contributed by atoms with Gasteiger partial charge in [-0.05, 0) is 97.8 Å². The van der Waals surface area contributed by atoms with Crippen molar-refractivity contribution < 1.29 is 14.4 Å². The molecule has 1 N–H and O–H groups in total. The molecule has 0 radical (unpaired) electrons. The number of hydrogen-bond acceptors (Lipinski definition) is 7. The predicted octanol–water partition coefficient (Wildman–Crippen LogP) is 6.51. The molecular formula is C39H45N5O3. The Hall–Kier alpha value is -3.70. The van der Waals surface area contributed by atoms with E-state index in [9.17, 15) is 19.6 Å². The maximum Gasteiger partial charge on any atom is 0.238 e. The van der Waals surface area contributed by atoms with Crippen LogP contribution in [-0.2, 0) is 9.59 Å². The number of rotatable bonds is 2. The number of ketones is 2. The molecule has 3 heterocycles. The number of carbonyl (C=O) groups is 3. The molecule has 0 amide bonds. The molecule has 8 nitrogen and oxygen atoms in total. The van der Waals surface area contributed by atoms with Gasteiger partial charge in [-0.15, -0.1) is 0 Å². The van der Waals surface area contributed by atoms with Gasteiger partial charge < -0.3 is 5.32 Å². The van der Waals surface area contributed by atoms with E-state index < -0.39 is 27.2 Å². The summed E-state index contributed by atoms with van der Waals surface area (Å²) in [7, 11) is 0. The van der Waals surface area contributed by atoms with E-state index in [1.54, 1.807) is 23.3 Å². The van der Waals surface area contributed by atoms with E-state index in [1.165, 1.54) is 0 Å². The Bertz CT molecular complexity index is 1870. The van der Waals surface area contributed by atoms with Crippen molar-refractivity contribution in [1.29, 1.82) is 5.26 Å². The normalized spacial score (nSPS) is 43.0. The highest BCUT2D eigenvalue weighted by Gasteiger charge is 2.77. The Balaban J connectivity index is 1.25. The fraction of sp³-hybridized carbons (Fsp3) is 0.590. The van der Waals surface area contributed by atoms with Crippen LogP contribution in [0.3, 0.4) is 0 Å². The van der Waals surface area contributed by atoms with Gasteiger partial charge in [-0.25, -0.2) is 4.98 Å². The lowest BCUT2D eigenvalue weighted by molar-refractivity contribution is -0.178. The molecule has 2 aromatic rings. The zero-order valence-electron chi connectivity index (χ0n) is 28.4. The Kier molecular flexibility index (Phi) is 6.03. The highest BCUT2D eigenvalue weighted by atomic mass is 16.2. The van der Waals surface area contributed by atoms with Crippen molar-refractivity contribution in [3.63, 3.8) is 0 Å². The molecule has 244 valence electrons. The van der Waals surface area contributed by atoms with Crippen LogP contribution in [0.15, 0.2) is 60.2 Å². The topological polar surface area (TPSA) is 118 Å². The molecule has 0 bridgehead atoms. The summed E-state index contributed by atoms with van der Waals surface area (Å²) in [6.07, 6.45) is 14.5. The summed E-state index contributed by atoms with van der Waals surface area (Å²) in [5, 5.41) is 13.8. The van der Waals surface area contributed by atoms with Crippen LogP contribution in [0.5, 0.6) is 0 Å². The van der Waals surface area contributed by atoms with Crippen molar-refractivity contribution >= 4 is 17.5 Å². The average molecular weight is 632 g/mol. The van der Waals surface area contributed by atoms with Gasteiger partial charge in [0.15, 0.2) is 11.6 Å². The molecule has 5 aliphatic carbocycles. The van der Waals surface area contributed by atoms with Gasteiger partial charge in [-0.3, -0.25) is 23.9 Å². The maximum atomic E-state index is 14.9. The zero-order chi connectivity index (χ0) is 33.4. The molecule has 3 saturated carbocycles. The van der Waals surface area contributed by atoms with Gasteiger partial charge in [0, 0.05) is 35.8 Å². The summed E-state index contributed by atoms with van der Waals surface area (Å²) in [6, 6.07) is 7.89. The van der Waals surface area contributed by atoms with E-state index in [-0.39, 0.29) is 45.7 Å². The van der Waals surface area contributed by atoms with Gasteiger partial charge >= 0.3 is 0 Å². The van der Waals surface area contributed by atoms with Crippen LogP contribution >= 0.6 is 0 Å². The van der Waals surface area contributed by atoms with Crippen molar-refractivity contribution in [3.8, 4) is 17.5 Å². The smallest absolute Gasteiger partial charge is 0.238 e. The molecule has 8 atom stereocenters. The lowest BCUT2D eigenvalue weighted by Gasteiger charge is -2.75. The van der Waals surface area contributed by atoms with Crippen LogP contribution in [0.25, 0.3) is 11.4 Å². The molecule has 47 heavy (non-hydrogen) atoms. The second-order valence-corrected chi connectivity index (χ2v) is 17.3. The minimum absolute atomic E-state index is 0.000359. The number of nitrogens with zero attached hydrogens (tertiary/aromatic N) is 4. The van der Waals surface area contributed by atoms with E-state index in [1.807, 2.05) is 37.3 Å². The van der Waals surface area contributed by atoms with E-state index in [4.69, 9.17) is 0 Å². The Morgan fingerprint density at radius 3 is 2.40 bits per heavy atom. The Labute approximate surface area is 277 Å². The number of Topliss-reactive ketones (excluding diaryl/α,β-unsaturated/α-hetero) is 1. The third-order valence-corrected chi connectivity index (χ3v) is 15.0. The number of aromatic nitrogens is 3. The fourth-order valence-corrected chi connectivity index (χ4v) is 12.0. The quantitative estimate of drug-likeness (QED) is 0.402. The number of fused-ring (bicyclic) bond motifs is 6. The van der Waals surface area contributed by atoms with E-state index in [0.29, 0.717) is 18.7 Å². The molecular weight excluding hydrogens is 586 g/mol. The lowest BCUT2D eigenvalue weighted by atomic mass is 9.31. The highest BCUT2D eigenvalue weighted by molar-refractivity contribution is 6.07. The summed E-state index contributed by atoms with van der Waals surface area (Å²) in [4.78, 5) is 52.3. The minimum atomic E-state index is -0.689. The molecule has 0 aromatic carbocycles. The average Bonchev–Trinajstić information content (AvgIpc) is 3.54. The van der Waals surface area contributed by atoms with Crippen LogP contribution in [-0.4, -0.2) is 44.1 Å². The third-order valence-electron chi connectivity index (χ3n) is 15.0. The molecule has 2 aromatic heterocycles. The van der Waals surface area contributed by atoms with E-state index in [0.717, 1.165) is 49.8 Å². The second kappa shape index (κ2) is 9.25. The van der Waals surface area contributed by atoms with Crippen molar-refractivity contribution in [2.24, 2.45) is 44.3 Å². The molecule has 0 unspecified atom stereocenters. The monoisotopic (exact) mass is 631 g/mol. The van der Waals surface area contributed by atoms with Gasteiger partial charge in [0.05, 0.1) is 22.1 Å². The fourth-order valence-electron chi connectivity index (χ4n) is 12.0. The summed E-state index contributed by atoms with van der Waals surface area (Å²) < 4.78 is 1.66. The third kappa shape index (κ3) is 3.49. The molecule has 8 rings (SSSR count). The van der Waals surface area contributed by atoms with Crippen LogP contribution in [0, 0.1) is 55.7 Å². The number of allylic oxidation sites excluding steroid dienone is 2. The number of pyridine rings is 1. The summed E-state index contributed by atoms with van der Waals surface area (Å²) in [5.74, 6) is -0.367. The van der Waals surface area contributed by atoms with Gasteiger partial charge in [0.25, 0.3) is 0 Å². The first-order valence-corrected chi connectivity index (χ1v) is 17.3. The summed E-state index contributed by atoms with van der Waals surface area (Å²) in [6.45, 7) is 13.9. The van der Waals surface area contributed by atoms with Gasteiger partial charge in [-0.1, -0.05) is 46.8 Å². The lowest BCUT2D eigenvalue weighted by Crippen LogP contribution is -2.84. The van der Waals surface area contributed by atoms with Crippen LogP contribution in [0.1, 0.15) is 91.3 Å². The molecule has 4 fully saturated rings. The number of carbonyl (C=O) groups excluding carboxylic acids is 3. The van der Waals surface area contributed by atoms with E-state index >= 15 is 0 Å². The first kappa shape index (κ1) is 30.6. The Morgan fingerprint density at radius 1 is 0.957 bits per heavy atom. The molecule has 1 saturated heterocycles. The van der Waals surface area contributed by atoms with E-state index in [2.05, 4.69) is 56.0 Å². The maximum absolute atomic E-state index is 14.9. The molecule has 6 aliphatic rings. The summed E-state index contributed by atoms with van der Waals surface area (Å²) >= 11 is 0.